The van der Waals surface area contributed by atoms with E-state index in [-0.39, 0.29) is 0 Å². The van der Waals surface area contributed by atoms with Crippen molar-refractivity contribution in [2.75, 3.05) is 48.5 Å². The summed E-state index contributed by atoms with van der Waals surface area (Å²) in [6.45, 7) is 3.39. The van der Waals surface area contributed by atoms with Crippen molar-refractivity contribution in [3.63, 3.8) is 0 Å². The van der Waals surface area contributed by atoms with Gasteiger partial charge in [-0.3, -0.25) is 0 Å². The molecular weight excluding hydrogens is 457 g/mol. The molecule has 2 aromatic carbocycles. The molecule has 1 saturated heterocycles. The fraction of sp³-hybridized carbons (Fsp3) is 0.300. The Morgan fingerprint density at radius 2 is 1.40 bits per heavy atom. The number of fused-ring (bicyclic) bond motifs is 2. The van der Waals surface area contributed by atoms with Crippen molar-refractivity contribution in [3.05, 3.63) is 36.4 Å². The van der Waals surface area contributed by atoms with E-state index in [0.29, 0.717) is 10.4 Å². The van der Waals surface area contributed by atoms with Gasteiger partial charge in [-0.15, -0.1) is 11.8 Å². The van der Waals surface area contributed by atoms with Gasteiger partial charge in [0.2, 0.25) is 0 Å². The second-order valence-corrected chi connectivity index (χ2v) is 12.0. The molecule has 0 atom stereocenters. The topological polar surface area (TPSA) is 66.4 Å². The van der Waals surface area contributed by atoms with E-state index in [2.05, 4.69) is 39.2 Å². The second kappa shape index (κ2) is 7.67. The van der Waals surface area contributed by atoms with Gasteiger partial charge in [0.15, 0.2) is 20.1 Å². The summed E-state index contributed by atoms with van der Waals surface area (Å²) in [6, 6.07) is 11.7. The number of rotatable bonds is 4. The molecule has 1 fully saturated rings. The molecule has 0 bridgehead atoms. The van der Waals surface area contributed by atoms with Gasteiger partial charge in [0.1, 0.15) is 5.52 Å². The lowest BCUT2D eigenvalue weighted by Gasteiger charge is -2.34. The van der Waals surface area contributed by atoms with Crippen molar-refractivity contribution in [1.82, 2.24) is 9.97 Å². The van der Waals surface area contributed by atoms with Crippen LogP contribution in [-0.2, 0) is 9.84 Å². The molecule has 30 heavy (non-hydrogen) atoms. The first-order valence-corrected chi connectivity index (χ1v) is 14.2. The summed E-state index contributed by atoms with van der Waals surface area (Å²) in [7, 11) is -3.30. The molecule has 0 amide bonds. The third kappa shape index (κ3) is 3.55. The Balaban J connectivity index is 1.37. The third-order valence-electron chi connectivity index (χ3n) is 5.18. The van der Waals surface area contributed by atoms with Gasteiger partial charge in [-0.25, -0.2) is 18.4 Å². The molecule has 156 valence electrons. The molecule has 6 nitrogen and oxygen atoms in total. The molecule has 1 aliphatic heterocycles. The molecular formula is C20H20N4O2S4. The molecule has 1 aliphatic rings. The number of piperazine rings is 1. The van der Waals surface area contributed by atoms with Crippen LogP contribution in [0.3, 0.4) is 0 Å². The first kappa shape index (κ1) is 20.0. The highest BCUT2D eigenvalue weighted by Crippen LogP contribution is 2.36. The molecule has 4 aromatic rings. The lowest BCUT2D eigenvalue weighted by molar-refractivity contribution is 0.602. The maximum Gasteiger partial charge on any atom is 0.186 e. The van der Waals surface area contributed by atoms with Crippen LogP contribution in [0.15, 0.2) is 46.2 Å². The summed E-state index contributed by atoms with van der Waals surface area (Å²) in [6.07, 6.45) is 3.32. The lowest BCUT2D eigenvalue weighted by atomic mass is 10.3. The van der Waals surface area contributed by atoms with Gasteiger partial charge in [-0.05, 0) is 30.5 Å². The summed E-state index contributed by atoms with van der Waals surface area (Å²) >= 11 is 5.03. The number of aromatic nitrogens is 2. The molecule has 0 spiro atoms. The highest BCUT2D eigenvalue weighted by molar-refractivity contribution is 7.98. The maximum absolute atomic E-state index is 12.1. The van der Waals surface area contributed by atoms with E-state index < -0.39 is 9.84 Å². The van der Waals surface area contributed by atoms with Gasteiger partial charge in [0.05, 0.1) is 19.8 Å². The first-order valence-electron chi connectivity index (χ1n) is 9.47. The van der Waals surface area contributed by atoms with Crippen LogP contribution in [0.25, 0.3) is 20.4 Å². The quantitative estimate of drug-likeness (QED) is 0.406. The minimum atomic E-state index is -3.30. The van der Waals surface area contributed by atoms with E-state index in [9.17, 15) is 8.42 Å². The maximum atomic E-state index is 12.1. The van der Waals surface area contributed by atoms with Crippen LogP contribution < -0.4 is 9.80 Å². The van der Waals surface area contributed by atoms with Crippen molar-refractivity contribution >= 4 is 75.0 Å². The molecule has 0 radical (unpaired) electrons. The van der Waals surface area contributed by atoms with Crippen molar-refractivity contribution in [2.45, 2.75) is 9.79 Å². The van der Waals surface area contributed by atoms with E-state index in [4.69, 9.17) is 4.98 Å². The number of anilines is 2. The van der Waals surface area contributed by atoms with Crippen LogP contribution in [0.1, 0.15) is 0 Å². The fourth-order valence-corrected chi connectivity index (χ4v) is 7.26. The Hall–Kier alpha value is -1.88. The summed E-state index contributed by atoms with van der Waals surface area (Å²) in [5.74, 6) is 0. The van der Waals surface area contributed by atoms with Crippen LogP contribution in [0.4, 0.5) is 10.3 Å². The zero-order valence-electron chi connectivity index (χ0n) is 16.5. The predicted octanol–water partition coefficient (Wildman–Crippen LogP) is 4.36. The van der Waals surface area contributed by atoms with Crippen molar-refractivity contribution in [1.29, 1.82) is 0 Å². The Labute approximate surface area is 187 Å². The van der Waals surface area contributed by atoms with E-state index in [1.165, 1.54) is 15.9 Å². The average molecular weight is 477 g/mol. The molecule has 0 unspecified atom stereocenters. The van der Waals surface area contributed by atoms with Crippen LogP contribution in [0, 0.1) is 0 Å². The zero-order chi connectivity index (χ0) is 20.9. The minimum absolute atomic E-state index is 0.306. The summed E-state index contributed by atoms with van der Waals surface area (Å²) < 4.78 is 26.3. The van der Waals surface area contributed by atoms with E-state index in [0.717, 1.165) is 46.7 Å². The van der Waals surface area contributed by atoms with E-state index in [1.807, 2.05) is 6.07 Å². The Bertz CT molecular complexity index is 1340. The average Bonchev–Trinajstić information content (AvgIpc) is 3.37. The van der Waals surface area contributed by atoms with E-state index >= 15 is 0 Å². The standard InChI is InChI=1S/C20H20N4O2S4/c1-27-13-5-3-6-14-17(13)21-19(28-14)23-9-11-24(12-10-23)20-22-18-15(29-20)7-4-8-16(18)30(2,25)26/h3-8H,9-12H2,1-2H3. The molecule has 0 N–H and O–H groups in total. The lowest BCUT2D eigenvalue weighted by Crippen LogP contribution is -2.46. The summed E-state index contributed by atoms with van der Waals surface area (Å²) in [5, 5.41) is 1.95. The molecule has 5 rings (SSSR count). The Kier molecular flexibility index (Phi) is 5.12. The first-order chi connectivity index (χ1) is 14.4. The predicted molar refractivity (Wildman–Crippen MR) is 129 cm³/mol. The highest BCUT2D eigenvalue weighted by Gasteiger charge is 2.24. The van der Waals surface area contributed by atoms with Gasteiger partial charge in [0, 0.05) is 37.3 Å². The minimum Gasteiger partial charge on any atom is -0.345 e. The van der Waals surface area contributed by atoms with Crippen LogP contribution in [0.5, 0.6) is 0 Å². The number of para-hydroxylation sites is 2. The number of nitrogens with zero attached hydrogens (tertiary/aromatic N) is 4. The number of sulfone groups is 1. The largest absolute Gasteiger partial charge is 0.345 e. The molecule has 2 aromatic heterocycles. The number of hydrogen-bond acceptors (Lipinski definition) is 9. The van der Waals surface area contributed by atoms with Crippen molar-refractivity contribution in [2.24, 2.45) is 0 Å². The monoisotopic (exact) mass is 476 g/mol. The number of thioether (sulfide) groups is 1. The SMILES string of the molecule is CSc1cccc2sc(N3CCN(c4nc5c(S(C)(=O)=O)cccc5s4)CC3)nc12. The number of hydrogen-bond donors (Lipinski definition) is 0. The highest BCUT2D eigenvalue weighted by atomic mass is 32.2. The zero-order valence-corrected chi connectivity index (χ0v) is 19.8. The second-order valence-electron chi connectivity index (χ2n) is 7.15. The van der Waals surface area contributed by atoms with E-state index in [1.54, 1.807) is 46.6 Å². The summed E-state index contributed by atoms with van der Waals surface area (Å²) in [5.41, 5.74) is 1.67. The van der Waals surface area contributed by atoms with Gasteiger partial charge in [-0.2, -0.15) is 0 Å². The van der Waals surface area contributed by atoms with Gasteiger partial charge in [0.25, 0.3) is 0 Å². The Morgan fingerprint density at radius 1 is 0.867 bits per heavy atom. The summed E-state index contributed by atoms with van der Waals surface area (Å²) in [4.78, 5) is 15.7. The smallest absolute Gasteiger partial charge is 0.186 e. The molecule has 0 saturated carbocycles. The van der Waals surface area contributed by atoms with Crippen LogP contribution in [-0.4, -0.2) is 57.1 Å². The number of thiazole rings is 2. The van der Waals surface area contributed by atoms with Crippen molar-refractivity contribution < 1.29 is 8.42 Å². The van der Waals surface area contributed by atoms with Gasteiger partial charge in [-0.1, -0.05) is 34.8 Å². The normalized spacial score (nSPS) is 15.4. The van der Waals surface area contributed by atoms with Crippen LogP contribution >= 0.6 is 34.4 Å². The molecule has 3 heterocycles. The third-order valence-corrected chi connectivity index (χ3v) is 9.24. The van der Waals surface area contributed by atoms with Crippen LogP contribution in [0.2, 0.25) is 0 Å². The Morgan fingerprint density at radius 3 is 1.97 bits per heavy atom. The van der Waals surface area contributed by atoms with Gasteiger partial charge < -0.3 is 9.80 Å². The molecule has 0 aliphatic carbocycles. The number of benzene rings is 2. The molecule has 10 heteroatoms. The van der Waals surface area contributed by atoms with Crippen molar-refractivity contribution in [3.8, 4) is 0 Å². The van der Waals surface area contributed by atoms with Gasteiger partial charge >= 0.3 is 0 Å². The fourth-order valence-electron chi connectivity index (χ4n) is 3.65.